The third kappa shape index (κ3) is 4.72. The Bertz CT molecular complexity index is 533. The Kier molecular flexibility index (Phi) is 6.35. The van der Waals surface area contributed by atoms with E-state index in [-0.39, 0.29) is 4.90 Å². The smallest absolute Gasteiger partial charge is 0.199 e. The zero-order chi connectivity index (χ0) is 15.2. The van der Waals surface area contributed by atoms with E-state index in [2.05, 4.69) is 0 Å². The van der Waals surface area contributed by atoms with Crippen LogP contribution in [0.15, 0.2) is 40.6 Å². The predicted octanol–water partition coefficient (Wildman–Crippen LogP) is 1.04. The number of aliphatic hydroxyl groups is 2. The summed E-state index contributed by atoms with van der Waals surface area (Å²) >= 11 is 0. The van der Waals surface area contributed by atoms with Crippen LogP contribution in [0.3, 0.4) is 0 Å². The zero-order valence-corrected chi connectivity index (χ0v) is 12.4. The van der Waals surface area contributed by atoms with Gasteiger partial charge in [0.05, 0.1) is 11.5 Å². The van der Waals surface area contributed by atoms with Crippen molar-refractivity contribution in [1.29, 1.82) is 0 Å². The lowest BCUT2D eigenvalue weighted by Crippen LogP contribution is -2.30. The molecule has 0 saturated carbocycles. The van der Waals surface area contributed by atoms with Gasteiger partial charge in [-0.25, -0.2) is 8.42 Å². The molecule has 0 aromatic heterocycles. The molecule has 0 aliphatic carbocycles. The summed E-state index contributed by atoms with van der Waals surface area (Å²) in [4.78, 5) is 0.174. The average molecular weight is 300 g/mol. The fourth-order valence-electron chi connectivity index (χ4n) is 1.58. The Morgan fingerprint density at radius 1 is 1.30 bits per heavy atom. The van der Waals surface area contributed by atoms with Crippen molar-refractivity contribution >= 4 is 9.84 Å². The number of aryl methyl sites for hydroxylation is 1. The van der Waals surface area contributed by atoms with Gasteiger partial charge in [-0.15, -0.1) is 0 Å². The van der Waals surface area contributed by atoms with Crippen molar-refractivity contribution in [2.24, 2.45) is 0 Å². The van der Waals surface area contributed by atoms with Gasteiger partial charge in [0.25, 0.3) is 0 Å². The number of ether oxygens (including phenoxy) is 1. The Labute approximate surface area is 119 Å². The molecule has 0 fully saturated rings. The van der Waals surface area contributed by atoms with Gasteiger partial charge in [-0.05, 0) is 32.1 Å². The van der Waals surface area contributed by atoms with E-state index in [9.17, 15) is 13.5 Å². The summed E-state index contributed by atoms with van der Waals surface area (Å²) in [6.07, 6.45) is -0.760. The minimum absolute atomic E-state index is 0.174. The Hall–Kier alpha value is -1.21. The van der Waals surface area contributed by atoms with Crippen LogP contribution in [0, 0.1) is 6.92 Å². The molecule has 2 atom stereocenters. The SMILES string of the molecule is CCO[C@H](C=CS(=O)(=O)c1ccc(C)cc1)C(O)CO. The van der Waals surface area contributed by atoms with Crippen molar-refractivity contribution in [1.82, 2.24) is 0 Å². The van der Waals surface area contributed by atoms with Gasteiger partial charge < -0.3 is 14.9 Å². The molecule has 112 valence electrons. The molecule has 1 unspecified atom stereocenters. The molecule has 1 aromatic rings. The third-order valence-electron chi connectivity index (χ3n) is 2.72. The summed E-state index contributed by atoms with van der Waals surface area (Å²) in [5, 5.41) is 19.4. The lowest BCUT2D eigenvalue weighted by atomic mass is 10.2. The second-order valence-corrected chi connectivity index (χ2v) is 6.19. The average Bonchev–Trinajstić information content (AvgIpc) is 2.43. The normalized spacial score (nSPS) is 15.4. The molecule has 0 aliphatic heterocycles. The van der Waals surface area contributed by atoms with Crippen LogP contribution < -0.4 is 0 Å². The van der Waals surface area contributed by atoms with Crippen molar-refractivity contribution in [3.05, 3.63) is 41.3 Å². The van der Waals surface area contributed by atoms with Gasteiger partial charge in [0.15, 0.2) is 9.84 Å². The number of rotatable bonds is 7. The lowest BCUT2D eigenvalue weighted by Gasteiger charge is -2.17. The highest BCUT2D eigenvalue weighted by Gasteiger charge is 2.17. The maximum absolute atomic E-state index is 12.1. The molecule has 0 bridgehead atoms. The van der Waals surface area contributed by atoms with Crippen LogP contribution >= 0.6 is 0 Å². The predicted molar refractivity (Wildman–Crippen MR) is 76.0 cm³/mol. The van der Waals surface area contributed by atoms with Crippen molar-refractivity contribution in [3.8, 4) is 0 Å². The number of aliphatic hydroxyl groups excluding tert-OH is 2. The van der Waals surface area contributed by atoms with Gasteiger partial charge in [-0.2, -0.15) is 0 Å². The van der Waals surface area contributed by atoms with Gasteiger partial charge in [0.1, 0.15) is 12.2 Å². The first-order valence-electron chi connectivity index (χ1n) is 6.31. The molecule has 1 rings (SSSR count). The topological polar surface area (TPSA) is 83.8 Å². The quantitative estimate of drug-likeness (QED) is 0.786. The highest BCUT2D eigenvalue weighted by molar-refractivity contribution is 7.94. The monoisotopic (exact) mass is 300 g/mol. The fraction of sp³-hybridized carbons (Fsp3) is 0.429. The molecule has 0 heterocycles. The summed E-state index contributed by atoms with van der Waals surface area (Å²) in [6.45, 7) is 3.39. The maximum Gasteiger partial charge on any atom is 0.199 e. The molecule has 0 amide bonds. The third-order valence-corrected chi connectivity index (χ3v) is 4.17. The van der Waals surface area contributed by atoms with Crippen LogP contribution in [0.4, 0.5) is 0 Å². The van der Waals surface area contributed by atoms with Gasteiger partial charge >= 0.3 is 0 Å². The molecule has 0 aliphatic rings. The van der Waals surface area contributed by atoms with Crippen LogP contribution in [0.2, 0.25) is 0 Å². The fourth-order valence-corrected chi connectivity index (χ4v) is 2.61. The second kappa shape index (κ2) is 7.54. The first-order chi connectivity index (χ1) is 9.40. The van der Waals surface area contributed by atoms with Gasteiger partial charge in [-0.1, -0.05) is 17.7 Å². The molecule has 2 N–H and O–H groups in total. The summed E-state index contributed by atoms with van der Waals surface area (Å²) in [7, 11) is -3.59. The van der Waals surface area contributed by atoms with E-state index < -0.39 is 28.7 Å². The largest absolute Gasteiger partial charge is 0.394 e. The molecule has 20 heavy (non-hydrogen) atoms. The summed E-state index contributed by atoms with van der Waals surface area (Å²) in [5.74, 6) is 0. The summed E-state index contributed by atoms with van der Waals surface area (Å²) in [5.41, 5.74) is 0.968. The van der Waals surface area contributed by atoms with Crippen LogP contribution in [-0.4, -0.2) is 44.1 Å². The van der Waals surface area contributed by atoms with Gasteiger partial charge in [-0.3, -0.25) is 0 Å². The minimum atomic E-state index is -3.59. The van der Waals surface area contributed by atoms with Gasteiger partial charge in [0.2, 0.25) is 0 Å². The minimum Gasteiger partial charge on any atom is -0.394 e. The van der Waals surface area contributed by atoms with E-state index >= 15 is 0 Å². The molecule has 6 heteroatoms. The van der Waals surface area contributed by atoms with Crippen LogP contribution in [0.25, 0.3) is 0 Å². The van der Waals surface area contributed by atoms with Crippen molar-refractivity contribution in [3.63, 3.8) is 0 Å². The van der Waals surface area contributed by atoms with E-state index in [4.69, 9.17) is 9.84 Å². The molecular weight excluding hydrogens is 280 g/mol. The summed E-state index contributed by atoms with van der Waals surface area (Å²) in [6, 6.07) is 6.47. The lowest BCUT2D eigenvalue weighted by molar-refractivity contribution is -0.0294. The number of benzene rings is 1. The van der Waals surface area contributed by atoms with Gasteiger partial charge in [0, 0.05) is 12.0 Å². The highest BCUT2D eigenvalue weighted by atomic mass is 32.2. The van der Waals surface area contributed by atoms with E-state index in [1.54, 1.807) is 19.1 Å². The van der Waals surface area contributed by atoms with E-state index in [1.165, 1.54) is 18.2 Å². The van der Waals surface area contributed by atoms with E-state index in [1.807, 2.05) is 6.92 Å². The van der Waals surface area contributed by atoms with E-state index in [0.29, 0.717) is 6.61 Å². The number of sulfone groups is 1. The first-order valence-corrected chi connectivity index (χ1v) is 7.86. The van der Waals surface area contributed by atoms with Crippen molar-refractivity contribution in [2.45, 2.75) is 31.0 Å². The van der Waals surface area contributed by atoms with Crippen LogP contribution in [0.1, 0.15) is 12.5 Å². The Balaban J connectivity index is 2.93. The zero-order valence-electron chi connectivity index (χ0n) is 11.6. The standard InChI is InChI=1S/C14H20O5S/c1-3-19-14(13(16)10-15)8-9-20(17,18)12-6-4-11(2)5-7-12/h4-9,13-16H,3,10H2,1-2H3/t13?,14-/m1/s1. The molecule has 0 saturated heterocycles. The molecule has 1 aromatic carbocycles. The van der Waals surface area contributed by atoms with Crippen molar-refractivity contribution < 1.29 is 23.4 Å². The number of hydrogen-bond acceptors (Lipinski definition) is 5. The maximum atomic E-state index is 12.1. The first kappa shape index (κ1) is 16.8. The van der Waals surface area contributed by atoms with Crippen molar-refractivity contribution in [2.75, 3.05) is 13.2 Å². The van der Waals surface area contributed by atoms with Crippen LogP contribution in [0.5, 0.6) is 0 Å². The van der Waals surface area contributed by atoms with E-state index in [0.717, 1.165) is 11.0 Å². The molecule has 5 nitrogen and oxygen atoms in total. The molecule has 0 radical (unpaired) electrons. The Morgan fingerprint density at radius 2 is 1.90 bits per heavy atom. The molecule has 0 spiro atoms. The summed E-state index contributed by atoms with van der Waals surface area (Å²) < 4.78 is 29.3. The highest BCUT2D eigenvalue weighted by Crippen LogP contribution is 2.14. The van der Waals surface area contributed by atoms with Crippen LogP contribution in [-0.2, 0) is 14.6 Å². The second-order valence-electron chi connectivity index (χ2n) is 4.36. The molecular formula is C14H20O5S. The Morgan fingerprint density at radius 3 is 2.40 bits per heavy atom. The number of hydrogen-bond donors (Lipinski definition) is 2.